The molecule has 3 aromatic rings. The van der Waals surface area contributed by atoms with E-state index in [-0.39, 0.29) is 31.1 Å². The molecule has 1 fully saturated rings. The van der Waals surface area contributed by atoms with E-state index in [0.29, 0.717) is 38.4 Å². The number of piperazine rings is 1. The molecule has 0 atom stereocenters. The van der Waals surface area contributed by atoms with Crippen molar-refractivity contribution in [3.63, 3.8) is 0 Å². The maximum atomic E-state index is 13.1. The standard InChI is InChI=1S/C34H40N4O5/c1-34(2,3)43-31(39)22-37-16-18-38(19-17-37)32(40)35-21-24-10-9-11-25(20-24)36(4)33(41)42-23-30-28-14-7-5-12-26(28)27-13-6-8-15-29(27)30/h5-15,20,30H,16-19,21-23H2,1-4H3,(H,35,40). The fraction of sp³-hybridized carbons (Fsp3) is 0.382. The zero-order valence-corrected chi connectivity index (χ0v) is 25.3. The molecule has 226 valence electrons. The number of ether oxygens (including phenoxy) is 2. The Bertz CT molecular complexity index is 1430. The highest BCUT2D eigenvalue weighted by molar-refractivity contribution is 5.87. The second-order valence-electron chi connectivity index (χ2n) is 12.0. The molecule has 0 spiro atoms. The number of esters is 1. The molecular weight excluding hydrogens is 544 g/mol. The van der Waals surface area contributed by atoms with Gasteiger partial charge in [0.25, 0.3) is 0 Å². The number of urea groups is 1. The first-order valence-electron chi connectivity index (χ1n) is 14.7. The average Bonchev–Trinajstić information content (AvgIpc) is 3.31. The maximum absolute atomic E-state index is 13.1. The number of hydrogen-bond acceptors (Lipinski definition) is 6. The summed E-state index contributed by atoms with van der Waals surface area (Å²) in [6.45, 7) is 8.60. The lowest BCUT2D eigenvalue weighted by atomic mass is 9.98. The van der Waals surface area contributed by atoms with Crippen LogP contribution in [0.1, 0.15) is 43.4 Å². The van der Waals surface area contributed by atoms with Gasteiger partial charge in [0, 0.05) is 51.4 Å². The molecule has 0 unspecified atom stereocenters. The predicted octanol–water partition coefficient (Wildman–Crippen LogP) is 5.24. The lowest BCUT2D eigenvalue weighted by molar-refractivity contribution is -0.156. The van der Waals surface area contributed by atoms with Gasteiger partial charge in [-0.05, 0) is 60.7 Å². The fourth-order valence-corrected chi connectivity index (χ4v) is 5.63. The third-order valence-electron chi connectivity index (χ3n) is 7.78. The Hall–Kier alpha value is -4.37. The molecule has 0 aromatic heterocycles. The minimum atomic E-state index is -0.513. The van der Waals surface area contributed by atoms with Crippen molar-refractivity contribution < 1.29 is 23.9 Å². The van der Waals surface area contributed by atoms with Crippen molar-refractivity contribution in [2.75, 3.05) is 51.3 Å². The first kappa shape index (κ1) is 30.1. The monoisotopic (exact) mass is 584 g/mol. The minimum absolute atomic E-state index is 0.00882. The molecule has 1 aliphatic carbocycles. The highest BCUT2D eigenvalue weighted by Gasteiger charge is 2.30. The lowest BCUT2D eigenvalue weighted by Gasteiger charge is -2.34. The van der Waals surface area contributed by atoms with Gasteiger partial charge in [-0.2, -0.15) is 0 Å². The third-order valence-corrected chi connectivity index (χ3v) is 7.78. The van der Waals surface area contributed by atoms with Crippen molar-refractivity contribution in [1.82, 2.24) is 15.1 Å². The first-order chi connectivity index (χ1) is 20.6. The molecule has 1 heterocycles. The van der Waals surface area contributed by atoms with E-state index in [0.717, 1.165) is 5.56 Å². The first-order valence-corrected chi connectivity index (χ1v) is 14.7. The summed E-state index contributed by atoms with van der Waals surface area (Å²) in [5.74, 6) is -0.265. The van der Waals surface area contributed by atoms with Crippen molar-refractivity contribution in [2.45, 2.75) is 38.8 Å². The quantitative estimate of drug-likeness (QED) is 0.382. The Kier molecular flexibility index (Phi) is 9.01. The fourth-order valence-electron chi connectivity index (χ4n) is 5.63. The molecule has 3 aromatic carbocycles. The van der Waals surface area contributed by atoms with Crippen LogP contribution in [0.2, 0.25) is 0 Å². The number of carbonyl (C=O) groups excluding carboxylic acids is 3. The van der Waals surface area contributed by atoms with Crippen LogP contribution in [0.4, 0.5) is 15.3 Å². The van der Waals surface area contributed by atoms with E-state index in [1.165, 1.54) is 27.2 Å². The number of carbonyl (C=O) groups is 3. The molecule has 1 N–H and O–H groups in total. The molecule has 43 heavy (non-hydrogen) atoms. The molecular formula is C34H40N4O5. The van der Waals surface area contributed by atoms with Crippen molar-refractivity contribution in [2.24, 2.45) is 0 Å². The molecule has 1 saturated heterocycles. The van der Waals surface area contributed by atoms with Gasteiger partial charge >= 0.3 is 18.1 Å². The SMILES string of the molecule is CN(C(=O)OCC1c2ccccc2-c2ccccc21)c1cccc(CNC(=O)N2CCN(CC(=O)OC(C)(C)C)CC2)c1. The van der Waals surface area contributed by atoms with Gasteiger partial charge < -0.3 is 19.7 Å². The van der Waals surface area contributed by atoms with Crippen LogP contribution >= 0.6 is 0 Å². The predicted molar refractivity (Wildman–Crippen MR) is 166 cm³/mol. The number of nitrogens with one attached hydrogen (secondary N) is 1. The Balaban J connectivity index is 1.10. The van der Waals surface area contributed by atoms with Gasteiger partial charge in [-0.15, -0.1) is 0 Å². The van der Waals surface area contributed by atoms with Crippen LogP contribution in [-0.2, 0) is 20.8 Å². The molecule has 9 nitrogen and oxygen atoms in total. The topological polar surface area (TPSA) is 91.4 Å². The smallest absolute Gasteiger partial charge is 0.414 e. The number of rotatable bonds is 7. The highest BCUT2D eigenvalue weighted by atomic mass is 16.6. The molecule has 0 radical (unpaired) electrons. The average molecular weight is 585 g/mol. The number of hydrogen-bond donors (Lipinski definition) is 1. The molecule has 3 amide bonds. The maximum Gasteiger partial charge on any atom is 0.414 e. The van der Waals surface area contributed by atoms with Crippen LogP contribution in [0.15, 0.2) is 72.8 Å². The van der Waals surface area contributed by atoms with Crippen molar-refractivity contribution in [3.05, 3.63) is 89.5 Å². The van der Waals surface area contributed by atoms with E-state index in [2.05, 4.69) is 29.6 Å². The van der Waals surface area contributed by atoms with Crippen LogP contribution < -0.4 is 10.2 Å². The molecule has 9 heteroatoms. The highest BCUT2D eigenvalue weighted by Crippen LogP contribution is 2.44. The number of benzene rings is 3. The van der Waals surface area contributed by atoms with Gasteiger partial charge in [-0.25, -0.2) is 9.59 Å². The van der Waals surface area contributed by atoms with Crippen LogP contribution in [0.5, 0.6) is 0 Å². The number of nitrogens with zero attached hydrogens (tertiary/aromatic N) is 3. The second kappa shape index (κ2) is 12.9. The zero-order chi connectivity index (χ0) is 30.6. The number of fused-ring (bicyclic) bond motifs is 3. The normalized spacial score (nSPS) is 14.9. The van der Waals surface area contributed by atoms with Crippen molar-refractivity contribution in [3.8, 4) is 11.1 Å². The Labute approximate surface area is 253 Å². The van der Waals surface area contributed by atoms with Crippen LogP contribution in [0.25, 0.3) is 11.1 Å². The van der Waals surface area contributed by atoms with E-state index < -0.39 is 11.7 Å². The number of amides is 3. The van der Waals surface area contributed by atoms with Crippen LogP contribution in [0, 0.1) is 0 Å². The van der Waals surface area contributed by atoms with Crippen LogP contribution in [0.3, 0.4) is 0 Å². The van der Waals surface area contributed by atoms with Crippen molar-refractivity contribution in [1.29, 1.82) is 0 Å². The minimum Gasteiger partial charge on any atom is -0.459 e. The summed E-state index contributed by atoms with van der Waals surface area (Å²) in [5, 5.41) is 2.97. The van der Waals surface area contributed by atoms with E-state index in [1.54, 1.807) is 11.9 Å². The summed E-state index contributed by atoms with van der Waals surface area (Å²) < 4.78 is 11.2. The molecule has 1 aliphatic heterocycles. The lowest BCUT2D eigenvalue weighted by Crippen LogP contribution is -2.52. The van der Waals surface area contributed by atoms with Gasteiger partial charge in [0.1, 0.15) is 12.2 Å². The number of anilines is 1. The Morgan fingerprint density at radius 3 is 2.14 bits per heavy atom. The van der Waals surface area contributed by atoms with E-state index in [1.807, 2.05) is 74.2 Å². The molecule has 2 aliphatic rings. The summed E-state index contributed by atoms with van der Waals surface area (Å²) in [4.78, 5) is 43.2. The molecule has 5 rings (SSSR count). The van der Waals surface area contributed by atoms with Gasteiger partial charge in [0.2, 0.25) is 0 Å². The molecule has 0 bridgehead atoms. The summed E-state index contributed by atoms with van der Waals surface area (Å²) in [5.41, 5.74) is 5.74. The van der Waals surface area contributed by atoms with E-state index in [4.69, 9.17) is 9.47 Å². The summed E-state index contributed by atoms with van der Waals surface area (Å²) in [7, 11) is 1.69. The van der Waals surface area contributed by atoms with E-state index in [9.17, 15) is 14.4 Å². The van der Waals surface area contributed by atoms with Gasteiger partial charge in [0.15, 0.2) is 0 Å². The van der Waals surface area contributed by atoms with Crippen molar-refractivity contribution >= 4 is 23.8 Å². The van der Waals surface area contributed by atoms with Gasteiger partial charge in [-0.1, -0.05) is 60.7 Å². The summed E-state index contributed by atoms with van der Waals surface area (Å²) in [6, 6.07) is 23.8. The van der Waals surface area contributed by atoms with Crippen LogP contribution in [-0.4, -0.2) is 79.9 Å². The zero-order valence-electron chi connectivity index (χ0n) is 25.3. The van der Waals surface area contributed by atoms with E-state index >= 15 is 0 Å². The largest absolute Gasteiger partial charge is 0.459 e. The Morgan fingerprint density at radius 1 is 0.884 bits per heavy atom. The second-order valence-corrected chi connectivity index (χ2v) is 12.0. The summed E-state index contributed by atoms with van der Waals surface area (Å²) >= 11 is 0. The molecule has 0 saturated carbocycles. The summed E-state index contributed by atoms with van der Waals surface area (Å²) in [6.07, 6.45) is -0.438. The third kappa shape index (κ3) is 7.35. The Morgan fingerprint density at radius 2 is 1.51 bits per heavy atom. The van der Waals surface area contributed by atoms with Gasteiger partial charge in [0.05, 0.1) is 6.54 Å². The van der Waals surface area contributed by atoms with Gasteiger partial charge in [-0.3, -0.25) is 14.6 Å².